The number of hydrogen-bond acceptors (Lipinski definition) is 5. The highest BCUT2D eigenvalue weighted by atomic mass is 19.4. The van der Waals surface area contributed by atoms with Crippen molar-refractivity contribution in [1.82, 2.24) is 0 Å². The molecular weight excluding hydrogens is 439 g/mol. The predicted octanol–water partition coefficient (Wildman–Crippen LogP) is 5.67. The van der Waals surface area contributed by atoms with Gasteiger partial charge in [0.1, 0.15) is 12.4 Å². The van der Waals surface area contributed by atoms with Gasteiger partial charge in [0.15, 0.2) is 0 Å². The summed E-state index contributed by atoms with van der Waals surface area (Å²) in [6, 6.07) is 14.7. The molecule has 1 amide bonds. The van der Waals surface area contributed by atoms with Crippen molar-refractivity contribution >= 4 is 17.7 Å². The molecule has 0 fully saturated rings. The number of ether oxygens (including phenoxy) is 3. The van der Waals surface area contributed by atoms with Crippen LogP contribution in [0.3, 0.4) is 0 Å². The number of rotatable bonds is 10. The Kier molecular flexibility index (Phi) is 8.90. The smallest absolute Gasteiger partial charge is 0.497 e. The number of alkyl halides is 3. The lowest BCUT2D eigenvalue weighted by atomic mass is 9.92. The summed E-state index contributed by atoms with van der Waals surface area (Å²) in [5.74, 6) is -1.60. The first-order chi connectivity index (χ1) is 15.6. The standard InChI is InChI=1S/C24H26F3NO5/c1-4-23(2,15-8-16-32-22(30)33-17-18-9-6-5-7-10-18)28(21(29)24(25,26)27)19-11-13-20(31-3)14-12-19/h4-7,9-14H,1,8,15-17H2,2-3H3/t23-/m1/s1. The molecule has 9 heteroatoms. The topological polar surface area (TPSA) is 65.1 Å². The minimum Gasteiger partial charge on any atom is -0.497 e. The zero-order valence-electron chi connectivity index (χ0n) is 18.4. The lowest BCUT2D eigenvalue weighted by Gasteiger charge is -2.39. The second-order valence-electron chi connectivity index (χ2n) is 7.37. The molecule has 1 atom stereocenters. The molecule has 0 aromatic heterocycles. The number of benzene rings is 2. The van der Waals surface area contributed by atoms with Crippen LogP contribution in [0, 0.1) is 0 Å². The summed E-state index contributed by atoms with van der Waals surface area (Å²) in [7, 11) is 1.42. The molecule has 0 saturated heterocycles. The number of carbonyl (C=O) groups is 2. The van der Waals surface area contributed by atoms with Crippen LogP contribution < -0.4 is 9.64 Å². The normalized spacial score (nSPS) is 12.9. The van der Waals surface area contributed by atoms with E-state index in [1.807, 2.05) is 6.07 Å². The number of nitrogens with zero attached hydrogens (tertiary/aromatic N) is 1. The van der Waals surface area contributed by atoms with E-state index in [1.165, 1.54) is 44.4 Å². The molecule has 0 radical (unpaired) electrons. The van der Waals surface area contributed by atoms with Crippen LogP contribution >= 0.6 is 0 Å². The van der Waals surface area contributed by atoms with E-state index >= 15 is 0 Å². The van der Waals surface area contributed by atoms with Gasteiger partial charge in [-0.05, 0) is 49.6 Å². The van der Waals surface area contributed by atoms with Crippen molar-refractivity contribution in [3.63, 3.8) is 0 Å². The Morgan fingerprint density at radius 1 is 1.03 bits per heavy atom. The van der Waals surface area contributed by atoms with Crippen LogP contribution in [0.15, 0.2) is 67.3 Å². The Hall–Kier alpha value is -3.49. The molecule has 0 unspecified atom stereocenters. The zero-order valence-corrected chi connectivity index (χ0v) is 18.4. The monoisotopic (exact) mass is 465 g/mol. The van der Waals surface area contributed by atoms with Crippen LogP contribution in [-0.4, -0.2) is 37.5 Å². The molecule has 2 aromatic rings. The third-order valence-electron chi connectivity index (χ3n) is 4.97. The summed E-state index contributed by atoms with van der Waals surface area (Å²) >= 11 is 0. The average molecular weight is 465 g/mol. The Balaban J connectivity index is 2.04. The second kappa shape index (κ2) is 11.4. The van der Waals surface area contributed by atoms with E-state index in [1.54, 1.807) is 24.3 Å². The summed E-state index contributed by atoms with van der Waals surface area (Å²) in [5.41, 5.74) is -0.586. The van der Waals surface area contributed by atoms with E-state index in [0.29, 0.717) is 10.6 Å². The molecule has 0 aliphatic rings. The van der Waals surface area contributed by atoms with Crippen LogP contribution in [0.2, 0.25) is 0 Å². The summed E-state index contributed by atoms with van der Waals surface area (Å²) in [5, 5.41) is 0. The number of methoxy groups -OCH3 is 1. The molecule has 0 spiro atoms. The maximum atomic E-state index is 13.4. The van der Waals surface area contributed by atoms with Crippen molar-refractivity contribution in [2.75, 3.05) is 18.6 Å². The van der Waals surface area contributed by atoms with E-state index in [9.17, 15) is 22.8 Å². The molecule has 0 bridgehead atoms. The summed E-state index contributed by atoms with van der Waals surface area (Å²) < 4.78 is 55.2. The van der Waals surface area contributed by atoms with Crippen molar-refractivity contribution in [3.05, 3.63) is 72.8 Å². The second-order valence-corrected chi connectivity index (χ2v) is 7.37. The molecule has 0 N–H and O–H groups in total. The first kappa shape index (κ1) is 25.8. The number of amides is 1. The quantitative estimate of drug-likeness (QED) is 0.257. The SMILES string of the molecule is C=C[C@](C)(CCCOC(=O)OCc1ccccc1)N(C(=O)C(F)(F)F)c1ccc(OC)cc1. The van der Waals surface area contributed by atoms with Crippen LogP contribution in [-0.2, 0) is 20.9 Å². The molecule has 178 valence electrons. The highest BCUT2D eigenvalue weighted by Gasteiger charge is 2.48. The molecular formula is C24H26F3NO5. The average Bonchev–Trinajstić information content (AvgIpc) is 2.81. The third kappa shape index (κ3) is 7.27. The number of carbonyl (C=O) groups excluding carboxylic acids is 2. The Morgan fingerprint density at radius 3 is 2.21 bits per heavy atom. The van der Waals surface area contributed by atoms with Crippen molar-refractivity contribution in [1.29, 1.82) is 0 Å². The maximum absolute atomic E-state index is 13.4. The maximum Gasteiger partial charge on any atom is 0.508 e. The number of hydrogen-bond donors (Lipinski definition) is 0. The minimum atomic E-state index is -5.10. The van der Waals surface area contributed by atoms with E-state index in [-0.39, 0.29) is 31.7 Å². The summed E-state index contributed by atoms with van der Waals surface area (Å²) in [4.78, 5) is 24.7. The van der Waals surface area contributed by atoms with Gasteiger partial charge in [0.25, 0.3) is 0 Å². The molecule has 0 saturated carbocycles. The fourth-order valence-electron chi connectivity index (χ4n) is 3.15. The van der Waals surface area contributed by atoms with E-state index in [2.05, 4.69) is 6.58 Å². The first-order valence-corrected chi connectivity index (χ1v) is 10.1. The Labute approximate surface area is 190 Å². The largest absolute Gasteiger partial charge is 0.508 e. The van der Waals surface area contributed by atoms with Gasteiger partial charge in [-0.3, -0.25) is 9.69 Å². The van der Waals surface area contributed by atoms with Crippen molar-refractivity contribution in [2.45, 2.75) is 38.1 Å². The van der Waals surface area contributed by atoms with Crippen LogP contribution in [0.1, 0.15) is 25.3 Å². The Morgan fingerprint density at radius 2 is 1.67 bits per heavy atom. The molecule has 2 rings (SSSR count). The predicted molar refractivity (Wildman–Crippen MR) is 117 cm³/mol. The first-order valence-electron chi connectivity index (χ1n) is 10.1. The highest BCUT2D eigenvalue weighted by Crippen LogP contribution is 2.34. The minimum absolute atomic E-state index is 0.0312. The van der Waals surface area contributed by atoms with Crippen molar-refractivity contribution in [2.24, 2.45) is 0 Å². The van der Waals surface area contributed by atoms with Gasteiger partial charge in [-0.15, -0.1) is 6.58 Å². The van der Waals surface area contributed by atoms with Gasteiger partial charge in [0.05, 0.1) is 19.3 Å². The molecule has 33 heavy (non-hydrogen) atoms. The van der Waals surface area contributed by atoms with E-state index < -0.39 is 23.8 Å². The van der Waals surface area contributed by atoms with Gasteiger partial charge in [0, 0.05) is 5.69 Å². The summed E-state index contributed by atoms with van der Waals surface area (Å²) in [6.45, 7) is 5.03. The van der Waals surface area contributed by atoms with Gasteiger partial charge in [0.2, 0.25) is 0 Å². The van der Waals surface area contributed by atoms with Crippen LogP contribution in [0.5, 0.6) is 5.75 Å². The van der Waals surface area contributed by atoms with Crippen molar-refractivity contribution < 1.29 is 37.0 Å². The van der Waals surface area contributed by atoms with Gasteiger partial charge >= 0.3 is 18.2 Å². The lowest BCUT2D eigenvalue weighted by Crippen LogP contribution is -2.53. The van der Waals surface area contributed by atoms with Gasteiger partial charge in [-0.2, -0.15) is 13.2 Å². The van der Waals surface area contributed by atoms with Gasteiger partial charge in [-0.25, -0.2) is 4.79 Å². The summed E-state index contributed by atoms with van der Waals surface area (Å²) in [6.07, 6.45) is -4.49. The van der Waals surface area contributed by atoms with Crippen molar-refractivity contribution in [3.8, 4) is 5.75 Å². The molecule has 0 aliphatic carbocycles. The van der Waals surface area contributed by atoms with E-state index in [0.717, 1.165) is 5.56 Å². The van der Waals surface area contributed by atoms with Crippen LogP contribution in [0.25, 0.3) is 0 Å². The zero-order chi connectivity index (χ0) is 24.5. The molecule has 0 aliphatic heterocycles. The fourth-order valence-corrected chi connectivity index (χ4v) is 3.15. The van der Waals surface area contributed by atoms with Crippen LogP contribution in [0.4, 0.5) is 23.7 Å². The highest BCUT2D eigenvalue weighted by molar-refractivity contribution is 5.99. The fraction of sp³-hybridized carbons (Fsp3) is 0.333. The third-order valence-corrected chi connectivity index (χ3v) is 4.97. The molecule has 2 aromatic carbocycles. The lowest BCUT2D eigenvalue weighted by molar-refractivity contribution is -0.171. The Bertz CT molecular complexity index is 931. The number of anilines is 1. The van der Waals surface area contributed by atoms with E-state index in [4.69, 9.17) is 14.2 Å². The van der Waals surface area contributed by atoms with Gasteiger partial charge in [-0.1, -0.05) is 36.4 Å². The molecule has 6 nitrogen and oxygen atoms in total. The number of halogens is 3. The molecule has 0 heterocycles. The van der Waals surface area contributed by atoms with Gasteiger partial charge < -0.3 is 14.2 Å².